The van der Waals surface area contributed by atoms with Crippen LogP contribution < -0.4 is 21.5 Å². The molecule has 2 rings (SSSR count). The highest BCUT2D eigenvalue weighted by Gasteiger charge is 2.32. The van der Waals surface area contributed by atoms with Crippen LogP contribution in [-0.2, 0) is 11.3 Å². The first-order valence-electron chi connectivity index (χ1n) is 10.5. The maximum atomic E-state index is 13.5. The van der Waals surface area contributed by atoms with Crippen LogP contribution in [0.1, 0.15) is 59.3 Å². The molecule has 5 N–H and O–H groups in total. The zero-order chi connectivity index (χ0) is 23.8. The average Bonchev–Trinajstić information content (AvgIpc) is 3.14. The minimum atomic E-state index is -0.810. The van der Waals surface area contributed by atoms with Crippen molar-refractivity contribution in [3.05, 3.63) is 40.4 Å². The number of primary amides is 1. The highest BCUT2D eigenvalue weighted by atomic mass is 32.1. The van der Waals surface area contributed by atoms with Crippen molar-refractivity contribution in [1.29, 1.82) is 0 Å². The zero-order valence-corrected chi connectivity index (χ0v) is 19.7. The summed E-state index contributed by atoms with van der Waals surface area (Å²) in [6, 6.07) is 6.52. The molecule has 9 nitrogen and oxygen atoms in total. The Labute approximate surface area is 192 Å². The predicted molar refractivity (Wildman–Crippen MR) is 124 cm³/mol. The van der Waals surface area contributed by atoms with Gasteiger partial charge in [-0.3, -0.25) is 14.4 Å². The standard InChI is InChI=1S/C22H31N5O4S/c1-5-16(21(29)25-10-9-13(2)3)27(12-14-7-6-8-15(11-14)31-4)22(30)19-17(23)18(20(24)28)26-32-19/h6-8,11,13,16H,5,9-10,12,23H2,1-4H3,(H2,24,28)(H,25,29)/t16-/m1/s1. The summed E-state index contributed by atoms with van der Waals surface area (Å²) in [5.41, 5.74) is 11.9. The molecule has 1 heterocycles. The molecule has 0 aliphatic carbocycles. The summed E-state index contributed by atoms with van der Waals surface area (Å²) in [5.74, 6) is -0.467. The van der Waals surface area contributed by atoms with Gasteiger partial charge in [0.2, 0.25) is 5.91 Å². The van der Waals surface area contributed by atoms with Crippen LogP contribution in [0.2, 0.25) is 0 Å². The van der Waals surface area contributed by atoms with Gasteiger partial charge in [-0.05, 0) is 48.0 Å². The molecule has 1 aromatic carbocycles. The summed E-state index contributed by atoms with van der Waals surface area (Å²) in [6.07, 6.45) is 1.22. The van der Waals surface area contributed by atoms with Gasteiger partial charge < -0.3 is 26.4 Å². The van der Waals surface area contributed by atoms with E-state index >= 15 is 0 Å². The van der Waals surface area contributed by atoms with E-state index in [1.165, 1.54) is 4.90 Å². The Morgan fingerprint density at radius 1 is 1.28 bits per heavy atom. The summed E-state index contributed by atoms with van der Waals surface area (Å²) < 4.78 is 9.20. The van der Waals surface area contributed by atoms with Crippen molar-refractivity contribution in [2.45, 2.75) is 46.2 Å². The second kappa shape index (κ2) is 11.5. The lowest BCUT2D eigenvalue weighted by Gasteiger charge is -2.30. The highest BCUT2D eigenvalue weighted by Crippen LogP contribution is 2.26. The number of nitrogen functional groups attached to an aromatic ring is 1. The summed E-state index contributed by atoms with van der Waals surface area (Å²) >= 11 is 0.797. The number of nitrogens with zero attached hydrogens (tertiary/aromatic N) is 2. The van der Waals surface area contributed by atoms with Gasteiger partial charge in [0.25, 0.3) is 11.8 Å². The number of amides is 3. The number of nitrogens with two attached hydrogens (primary N) is 2. The number of carbonyl (C=O) groups is 3. The third-order valence-electron chi connectivity index (χ3n) is 4.99. The lowest BCUT2D eigenvalue weighted by Crippen LogP contribution is -2.49. The molecule has 10 heteroatoms. The van der Waals surface area contributed by atoms with Crippen molar-refractivity contribution in [1.82, 2.24) is 14.6 Å². The number of hydrogen-bond acceptors (Lipinski definition) is 7. The Hall–Kier alpha value is -3.14. The number of rotatable bonds is 11. The lowest BCUT2D eigenvalue weighted by molar-refractivity contribution is -0.126. The van der Waals surface area contributed by atoms with Crippen molar-refractivity contribution in [3.8, 4) is 5.75 Å². The molecule has 0 saturated heterocycles. The molecule has 3 amide bonds. The van der Waals surface area contributed by atoms with Crippen molar-refractivity contribution in [2.24, 2.45) is 11.7 Å². The quantitative estimate of drug-likeness (QED) is 0.469. The maximum absolute atomic E-state index is 13.5. The monoisotopic (exact) mass is 461 g/mol. The van der Waals surface area contributed by atoms with E-state index in [4.69, 9.17) is 16.2 Å². The molecule has 32 heavy (non-hydrogen) atoms. The molecule has 1 atom stereocenters. The molecule has 0 unspecified atom stereocenters. The minimum Gasteiger partial charge on any atom is -0.497 e. The molecule has 0 fully saturated rings. The fourth-order valence-corrected chi connectivity index (χ4v) is 3.96. The van der Waals surface area contributed by atoms with Gasteiger partial charge in [0.1, 0.15) is 16.7 Å². The summed E-state index contributed by atoms with van der Waals surface area (Å²) in [6.45, 7) is 6.65. The number of benzene rings is 1. The molecular weight excluding hydrogens is 430 g/mol. The average molecular weight is 462 g/mol. The number of ether oxygens (including phenoxy) is 1. The van der Waals surface area contributed by atoms with Crippen LogP contribution in [0.15, 0.2) is 24.3 Å². The molecule has 0 aliphatic rings. The van der Waals surface area contributed by atoms with E-state index in [-0.39, 0.29) is 28.7 Å². The number of methoxy groups -OCH3 is 1. The molecule has 0 saturated carbocycles. The molecule has 0 aliphatic heterocycles. The van der Waals surface area contributed by atoms with Crippen LogP contribution in [0.3, 0.4) is 0 Å². The highest BCUT2D eigenvalue weighted by molar-refractivity contribution is 7.09. The number of hydrogen-bond donors (Lipinski definition) is 3. The molecular formula is C22H31N5O4S. The largest absolute Gasteiger partial charge is 0.497 e. The molecule has 0 spiro atoms. The Kier molecular flexibility index (Phi) is 9.01. The van der Waals surface area contributed by atoms with Crippen molar-refractivity contribution in [3.63, 3.8) is 0 Å². The third kappa shape index (κ3) is 6.19. The third-order valence-corrected chi connectivity index (χ3v) is 5.84. The van der Waals surface area contributed by atoms with E-state index in [1.807, 2.05) is 19.1 Å². The van der Waals surface area contributed by atoms with Gasteiger partial charge >= 0.3 is 0 Å². The number of carbonyl (C=O) groups excluding carboxylic acids is 3. The summed E-state index contributed by atoms with van der Waals surface area (Å²) in [7, 11) is 1.56. The fourth-order valence-electron chi connectivity index (χ4n) is 3.20. The molecule has 0 radical (unpaired) electrons. The van der Waals surface area contributed by atoms with Gasteiger partial charge in [0, 0.05) is 13.1 Å². The fraction of sp³-hybridized carbons (Fsp3) is 0.455. The van der Waals surface area contributed by atoms with E-state index < -0.39 is 17.9 Å². The smallest absolute Gasteiger partial charge is 0.270 e. The van der Waals surface area contributed by atoms with Gasteiger partial charge in [-0.1, -0.05) is 32.9 Å². The van der Waals surface area contributed by atoms with Crippen LogP contribution in [0.25, 0.3) is 0 Å². The van der Waals surface area contributed by atoms with Crippen LogP contribution in [-0.4, -0.2) is 46.7 Å². The lowest BCUT2D eigenvalue weighted by atomic mass is 10.1. The van der Waals surface area contributed by atoms with Crippen molar-refractivity contribution >= 4 is 34.9 Å². The van der Waals surface area contributed by atoms with E-state index in [9.17, 15) is 14.4 Å². The number of nitrogens with one attached hydrogen (secondary N) is 1. The van der Waals surface area contributed by atoms with Crippen LogP contribution in [0.4, 0.5) is 5.69 Å². The Morgan fingerprint density at radius 2 is 2.00 bits per heavy atom. The van der Waals surface area contributed by atoms with Crippen LogP contribution in [0, 0.1) is 5.92 Å². The van der Waals surface area contributed by atoms with Gasteiger partial charge in [-0.25, -0.2) is 0 Å². The maximum Gasteiger partial charge on any atom is 0.270 e. The Morgan fingerprint density at radius 3 is 2.56 bits per heavy atom. The molecule has 1 aromatic heterocycles. The minimum absolute atomic E-state index is 0.0711. The van der Waals surface area contributed by atoms with Gasteiger partial charge in [0.15, 0.2) is 5.69 Å². The second-order valence-corrected chi connectivity index (χ2v) is 8.59. The molecule has 2 aromatic rings. The first kappa shape index (κ1) is 25.1. The number of anilines is 1. The van der Waals surface area contributed by atoms with Gasteiger partial charge in [-0.15, -0.1) is 0 Å². The number of aromatic nitrogens is 1. The SMILES string of the molecule is CC[C@H](C(=O)NCCC(C)C)N(Cc1cccc(OC)c1)C(=O)c1snc(C(N)=O)c1N. The summed E-state index contributed by atoms with van der Waals surface area (Å²) in [5, 5.41) is 2.92. The van der Waals surface area contributed by atoms with E-state index in [2.05, 4.69) is 23.5 Å². The van der Waals surface area contributed by atoms with E-state index in [0.717, 1.165) is 23.5 Å². The predicted octanol–water partition coefficient (Wildman–Crippen LogP) is 2.42. The zero-order valence-electron chi connectivity index (χ0n) is 18.9. The first-order valence-corrected chi connectivity index (χ1v) is 11.2. The van der Waals surface area contributed by atoms with Gasteiger partial charge in [0.05, 0.1) is 12.8 Å². The Balaban J connectivity index is 2.39. The Bertz CT molecular complexity index is 960. The van der Waals surface area contributed by atoms with Crippen LogP contribution >= 0.6 is 11.5 Å². The van der Waals surface area contributed by atoms with Crippen LogP contribution in [0.5, 0.6) is 5.75 Å². The summed E-state index contributed by atoms with van der Waals surface area (Å²) in [4.78, 5) is 39.6. The topological polar surface area (TPSA) is 141 Å². The normalized spacial score (nSPS) is 11.8. The van der Waals surface area contributed by atoms with Crippen molar-refractivity contribution < 1.29 is 19.1 Å². The van der Waals surface area contributed by atoms with E-state index in [1.54, 1.807) is 19.2 Å². The first-order chi connectivity index (χ1) is 15.2. The van der Waals surface area contributed by atoms with Crippen molar-refractivity contribution in [2.75, 3.05) is 19.4 Å². The molecule has 0 bridgehead atoms. The van der Waals surface area contributed by atoms with Gasteiger partial charge in [-0.2, -0.15) is 4.37 Å². The second-order valence-electron chi connectivity index (χ2n) is 7.82. The van der Waals surface area contributed by atoms with E-state index in [0.29, 0.717) is 24.6 Å². The molecule has 174 valence electrons.